The van der Waals surface area contributed by atoms with Crippen molar-refractivity contribution in [1.29, 1.82) is 0 Å². The molecule has 1 nitrogen and oxygen atoms in total. The molecule has 1 unspecified atom stereocenters. The maximum absolute atomic E-state index is 2.43. The van der Waals surface area contributed by atoms with Gasteiger partial charge in [-0.25, -0.2) is 0 Å². The molecule has 0 radical (unpaired) electrons. The molecule has 0 amide bonds. The highest BCUT2D eigenvalue weighted by atomic mass is 15.1. The molecule has 0 heterocycles. The molecule has 0 fully saturated rings. The number of benzene rings is 8. The van der Waals surface area contributed by atoms with Crippen molar-refractivity contribution in [3.8, 4) is 0 Å². The summed E-state index contributed by atoms with van der Waals surface area (Å²) in [5, 5.41) is 7.84. The smallest absolute Gasteiger partial charge is 0.0468 e. The van der Waals surface area contributed by atoms with E-state index < -0.39 is 0 Å². The lowest BCUT2D eigenvalue weighted by molar-refractivity contribution is 0.876. The predicted octanol–water partition coefficient (Wildman–Crippen LogP) is 12.0. The van der Waals surface area contributed by atoms with Crippen LogP contribution < -0.4 is 15.3 Å². The quantitative estimate of drug-likeness (QED) is 0.160. The van der Waals surface area contributed by atoms with Gasteiger partial charge in [0.1, 0.15) is 0 Å². The van der Waals surface area contributed by atoms with Gasteiger partial charge in [0.05, 0.1) is 0 Å². The molecule has 0 saturated heterocycles. The van der Waals surface area contributed by atoms with Crippen LogP contribution >= 0.6 is 0 Å². The Morgan fingerprint density at radius 3 is 1.52 bits per heavy atom. The summed E-state index contributed by atoms with van der Waals surface area (Å²) in [6.07, 6.45) is 0.923. The Morgan fingerprint density at radius 2 is 0.904 bits per heavy atom. The van der Waals surface area contributed by atoms with E-state index in [4.69, 9.17) is 0 Å². The molecule has 8 aromatic rings. The largest absolute Gasteiger partial charge is 0.310 e. The zero-order chi connectivity index (χ0) is 35.2. The number of hydrogen-bond acceptors (Lipinski definition) is 1. The number of hydrogen-bond donors (Lipinski definition) is 0. The summed E-state index contributed by atoms with van der Waals surface area (Å²) in [4.78, 5) is 2.39. The van der Waals surface area contributed by atoms with E-state index in [0.29, 0.717) is 0 Å². The van der Waals surface area contributed by atoms with Crippen molar-refractivity contribution in [2.45, 2.75) is 33.1 Å². The van der Waals surface area contributed by atoms with Crippen molar-refractivity contribution in [2.24, 2.45) is 0 Å². The SMILES string of the molecule is Cc1ccc(C2=c3c(c4ccc(N(c5ccc(C)cc5)c5ccc(C)cc5)cc4c4ccccc34)=C(c3ccccc3)C(c3ccccc3)C2)cc1. The summed E-state index contributed by atoms with van der Waals surface area (Å²) in [5.41, 5.74) is 13.9. The second-order valence-electron chi connectivity index (χ2n) is 14.3. The second kappa shape index (κ2) is 13.2. The minimum atomic E-state index is 0.188. The van der Waals surface area contributed by atoms with E-state index in [0.717, 1.165) is 23.5 Å². The molecule has 1 aliphatic rings. The van der Waals surface area contributed by atoms with Crippen LogP contribution in [0.4, 0.5) is 17.1 Å². The van der Waals surface area contributed by atoms with Crippen LogP contribution in [0.1, 0.15) is 45.7 Å². The fourth-order valence-corrected chi connectivity index (χ4v) is 8.28. The van der Waals surface area contributed by atoms with Crippen LogP contribution in [0, 0.1) is 20.8 Å². The molecule has 0 saturated carbocycles. The summed E-state index contributed by atoms with van der Waals surface area (Å²) in [7, 11) is 0. The first-order chi connectivity index (χ1) is 25.5. The molecule has 0 N–H and O–H groups in total. The van der Waals surface area contributed by atoms with Gasteiger partial charge in [0.2, 0.25) is 0 Å². The highest BCUT2D eigenvalue weighted by Gasteiger charge is 2.28. The monoisotopic (exact) mass is 667 g/mol. The molecule has 0 bridgehead atoms. The standard InChI is InChI=1S/C51H41N/c1-34-18-24-38(25-19-34)47-33-46(37-12-6-4-7-13-37)49(39-14-8-5-9-15-39)51-45-31-30-42(32-48(45)43-16-10-11-17-44(43)50(47)51)52(40-26-20-35(2)21-27-40)41-28-22-36(3)23-29-41/h4-32,46H,33H2,1-3H3. The first-order valence-electron chi connectivity index (χ1n) is 18.4. The fraction of sp³-hybridized carbons (Fsp3) is 0.0980. The lowest BCUT2D eigenvalue weighted by Crippen LogP contribution is -2.37. The maximum atomic E-state index is 2.43. The van der Waals surface area contributed by atoms with E-state index in [1.165, 1.54) is 76.5 Å². The molecule has 250 valence electrons. The van der Waals surface area contributed by atoms with Gasteiger partial charge in [0, 0.05) is 23.0 Å². The summed E-state index contributed by atoms with van der Waals surface area (Å²) < 4.78 is 0. The van der Waals surface area contributed by atoms with Gasteiger partial charge in [0.15, 0.2) is 0 Å². The predicted molar refractivity (Wildman–Crippen MR) is 221 cm³/mol. The van der Waals surface area contributed by atoms with Gasteiger partial charge in [-0.15, -0.1) is 0 Å². The van der Waals surface area contributed by atoms with E-state index >= 15 is 0 Å². The van der Waals surface area contributed by atoms with Crippen LogP contribution in [0.5, 0.6) is 0 Å². The van der Waals surface area contributed by atoms with E-state index in [1.807, 2.05) is 0 Å². The molecule has 8 aromatic carbocycles. The van der Waals surface area contributed by atoms with Crippen molar-refractivity contribution >= 4 is 49.8 Å². The molecule has 1 heteroatoms. The Labute approximate surface area is 306 Å². The molecule has 1 atom stereocenters. The summed E-state index contributed by atoms with van der Waals surface area (Å²) in [5.74, 6) is 0.188. The Balaban J connectivity index is 1.45. The van der Waals surface area contributed by atoms with Gasteiger partial charge in [0.25, 0.3) is 0 Å². The molecule has 9 rings (SSSR count). The van der Waals surface area contributed by atoms with Crippen LogP contribution in [0.2, 0.25) is 0 Å². The minimum Gasteiger partial charge on any atom is -0.310 e. The van der Waals surface area contributed by atoms with Crippen LogP contribution in [-0.2, 0) is 0 Å². The van der Waals surface area contributed by atoms with E-state index in [1.54, 1.807) is 0 Å². The van der Waals surface area contributed by atoms with Gasteiger partial charge in [-0.3, -0.25) is 0 Å². The number of anilines is 3. The van der Waals surface area contributed by atoms with Gasteiger partial charge < -0.3 is 4.90 Å². The van der Waals surface area contributed by atoms with Crippen LogP contribution in [0.3, 0.4) is 0 Å². The van der Waals surface area contributed by atoms with Crippen molar-refractivity contribution in [2.75, 3.05) is 4.90 Å². The summed E-state index contributed by atoms with van der Waals surface area (Å²) in [6.45, 7) is 6.47. The molecular formula is C51H41N. The third kappa shape index (κ3) is 5.60. The third-order valence-corrected chi connectivity index (χ3v) is 10.9. The van der Waals surface area contributed by atoms with Crippen LogP contribution in [0.25, 0.3) is 32.7 Å². The van der Waals surface area contributed by atoms with Gasteiger partial charge >= 0.3 is 0 Å². The topological polar surface area (TPSA) is 3.24 Å². The second-order valence-corrected chi connectivity index (χ2v) is 14.3. The van der Waals surface area contributed by atoms with Crippen LogP contribution in [0.15, 0.2) is 176 Å². The van der Waals surface area contributed by atoms with Crippen molar-refractivity contribution in [3.63, 3.8) is 0 Å². The van der Waals surface area contributed by atoms with E-state index in [-0.39, 0.29) is 5.92 Å². The molecule has 52 heavy (non-hydrogen) atoms. The lowest BCUT2D eigenvalue weighted by Gasteiger charge is -2.30. The fourth-order valence-electron chi connectivity index (χ4n) is 8.28. The Kier molecular flexibility index (Phi) is 8.05. The average molecular weight is 668 g/mol. The maximum Gasteiger partial charge on any atom is 0.0468 e. The van der Waals surface area contributed by atoms with Gasteiger partial charge in [-0.2, -0.15) is 0 Å². The Morgan fingerprint density at radius 1 is 0.404 bits per heavy atom. The lowest BCUT2D eigenvalue weighted by atomic mass is 9.74. The molecule has 1 aliphatic carbocycles. The first-order valence-corrected chi connectivity index (χ1v) is 18.4. The number of nitrogens with zero attached hydrogens (tertiary/aromatic N) is 1. The Bertz CT molecular complexity index is 2640. The van der Waals surface area contributed by atoms with Crippen molar-refractivity contribution in [1.82, 2.24) is 0 Å². The molecule has 0 spiro atoms. The van der Waals surface area contributed by atoms with Crippen LogP contribution in [-0.4, -0.2) is 0 Å². The van der Waals surface area contributed by atoms with Crippen molar-refractivity contribution in [3.05, 3.63) is 220 Å². The zero-order valence-corrected chi connectivity index (χ0v) is 30.0. The number of fused-ring (bicyclic) bond motifs is 6. The highest BCUT2D eigenvalue weighted by molar-refractivity contribution is 6.11. The van der Waals surface area contributed by atoms with E-state index in [9.17, 15) is 0 Å². The van der Waals surface area contributed by atoms with Gasteiger partial charge in [-0.05, 0) is 123 Å². The average Bonchev–Trinajstić information content (AvgIpc) is 3.20. The summed E-state index contributed by atoms with van der Waals surface area (Å²) in [6, 6.07) is 65.4. The zero-order valence-electron chi connectivity index (χ0n) is 30.0. The van der Waals surface area contributed by atoms with Crippen molar-refractivity contribution < 1.29 is 0 Å². The highest BCUT2D eigenvalue weighted by Crippen LogP contribution is 2.42. The summed E-state index contributed by atoms with van der Waals surface area (Å²) >= 11 is 0. The van der Waals surface area contributed by atoms with E-state index in [2.05, 4.69) is 202 Å². The Hall–Kier alpha value is -6.18. The molecular weight excluding hydrogens is 627 g/mol. The van der Waals surface area contributed by atoms with Gasteiger partial charge in [-0.1, -0.05) is 156 Å². The normalized spacial score (nSPS) is 14.1. The molecule has 0 aromatic heterocycles. The number of aryl methyl sites for hydroxylation is 3. The minimum absolute atomic E-state index is 0.188. The molecule has 0 aliphatic heterocycles. The first kappa shape index (κ1) is 31.8. The number of rotatable bonds is 6. The third-order valence-electron chi connectivity index (χ3n) is 10.9.